The molecule has 1 saturated carbocycles. The molecule has 0 unspecified atom stereocenters. The fraction of sp³-hybridized carbons (Fsp3) is 0.455. The molecule has 1 aliphatic rings. The monoisotopic (exact) mass is 227 g/mol. The van der Waals surface area contributed by atoms with Crippen molar-refractivity contribution in [1.29, 1.82) is 0 Å². The molecule has 1 aromatic carbocycles. The first-order valence-corrected chi connectivity index (χ1v) is 5.39. The van der Waals surface area contributed by atoms with E-state index in [1.165, 1.54) is 6.07 Å². The van der Waals surface area contributed by atoms with Crippen molar-refractivity contribution in [2.45, 2.75) is 25.0 Å². The summed E-state index contributed by atoms with van der Waals surface area (Å²) in [6.07, 6.45) is 1.43. The number of phenolic OH excluding ortho intramolecular Hbond substituents is 1. The molecule has 4 N–H and O–H groups in total. The number of phenols is 1. The Morgan fingerprint density at radius 2 is 2.07 bits per heavy atom. The SMILES string of the molecule is N[C@@H](c1cc(Cl)ccc1O)[C@H](O)C1CC1. The molecular formula is C11H14ClNO2. The molecule has 2 rings (SSSR count). The molecule has 1 fully saturated rings. The van der Waals surface area contributed by atoms with Crippen LogP contribution in [-0.4, -0.2) is 16.3 Å². The molecule has 0 heterocycles. The Balaban J connectivity index is 2.23. The lowest BCUT2D eigenvalue weighted by Crippen LogP contribution is -2.27. The van der Waals surface area contributed by atoms with Gasteiger partial charge >= 0.3 is 0 Å². The highest BCUT2D eigenvalue weighted by molar-refractivity contribution is 6.30. The topological polar surface area (TPSA) is 66.5 Å². The van der Waals surface area contributed by atoms with Gasteiger partial charge in [0.15, 0.2) is 0 Å². The number of rotatable bonds is 3. The molecule has 2 atom stereocenters. The van der Waals surface area contributed by atoms with Crippen molar-refractivity contribution in [2.24, 2.45) is 11.7 Å². The zero-order chi connectivity index (χ0) is 11.0. The number of aliphatic hydroxyl groups is 1. The predicted octanol–water partition coefficient (Wildman–Crippen LogP) is 1.82. The molecule has 4 heteroatoms. The van der Waals surface area contributed by atoms with E-state index in [0.717, 1.165) is 12.8 Å². The summed E-state index contributed by atoms with van der Waals surface area (Å²) in [4.78, 5) is 0. The number of nitrogens with two attached hydrogens (primary N) is 1. The molecule has 1 aromatic rings. The average molecular weight is 228 g/mol. The first kappa shape index (κ1) is 10.7. The lowest BCUT2D eigenvalue weighted by atomic mass is 9.98. The Kier molecular flexibility index (Phi) is 2.87. The number of halogens is 1. The maximum Gasteiger partial charge on any atom is 0.120 e. The van der Waals surface area contributed by atoms with Crippen molar-refractivity contribution in [2.75, 3.05) is 0 Å². The van der Waals surface area contributed by atoms with Crippen LogP contribution in [0.4, 0.5) is 0 Å². The van der Waals surface area contributed by atoms with Crippen molar-refractivity contribution in [1.82, 2.24) is 0 Å². The highest BCUT2D eigenvalue weighted by Gasteiger charge is 2.35. The number of hydrogen-bond acceptors (Lipinski definition) is 3. The van der Waals surface area contributed by atoms with E-state index in [-0.39, 0.29) is 11.7 Å². The largest absolute Gasteiger partial charge is 0.508 e. The molecule has 0 aromatic heterocycles. The molecule has 0 radical (unpaired) electrons. The van der Waals surface area contributed by atoms with Gasteiger partial charge in [-0.05, 0) is 37.0 Å². The first-order valence-electron chi connectivity index (χ1n) is 5.01. The van der Waals surface area contributed by atoms with Gasteiger partial charge in [-0.2, -0.15) is 0 Å². The van der Waals surface area contributed by atoms with E-state index in [9.17, 15) is 10.2 Å². The predicted molar refractivity (Wildman–Crippen MR) is 58.8 cm³/mol. The summed E-state index contributed by atoms with van der Waals surface area (Å²) in [5.74, 6) is 0.366. The van der Waals surface area contributed by atoms with Crippen LogP contribution in [0, 0.1) is 5.92 Å². The van der Waals surface area contributed by atoms with E-state index < -0.39 is 12.1 Å². The van der Waals surface area contributed by atoms with Gasteiger partial charge in [0.05, 0.1) is 12.1 Å². The van der Waals surface area contributed by atoms with Crippen LogP contribution in [0.3, 0.4) is 0 Å². The third-order valence-electron chi connectivity index (χ3n) is 2.82. The Bertz CT molecular complexity index is 366. The second-order valence-electron chi connectivity index (χ2n) is 4.06. The standard InChI is InChI=1S/C11H14ClNO2/c12-7-3-4-9(14)8(5-7)10(13)11(15)6-1-2-6/h3-6,10-11,14-15H,1-2,13H2/t10-,11+/m0/s1. The van der Waals surface area contributed by atoms with E-state index in [0.29, 0.717) is 10.6 Å². The fourth-order valence-corrected chi connectivity index (χ4v) is 1.89. The van der Waals surface area contributed by atoms with Crippen LogP contribution in [0.5, 0.6) is 5.75 Å². The van der Waals surface area contributed by atoms with Crippen LogP contribution in [0.1, 0.15) is 24.4 Å². The zero-order valence-electron chi connectivity index (χ0n) is 8.23. The van der Waals surface area contributed by atoms with E-state index in [2.05, 4.69) is 0 Å². The molecule has 3 nitrogen and oxygen atoms in total. The number of aromatic hydroxyl groups is 1. The van der Waals surface area contributed by atoms with Gasteiger partial charge in [-0.3, -0.25) is 0 Å². The normalized spacial score (nSPS) is 19.9. The molecule has 1 aliphatic carbocycles. The second-order valence-corrected chi connectivity index (χ2v) is 4.49. The molecule has 0 amide bonds. The van der Waals surface area contributed by atoms with Gasteiger partial charge in [0, 0.05) is 10.6 Å². The molecule has 15 heavy (non-hydrogen) atoms. The van der Waals surface area contributed by atoms with Gasteiger partial charge in [0.1, 0.15) is 5.75 Å². The fourth-order valence-electron chi connectivity index (χ4n) is 1.71. The van der Waals surface area contributed by atoms with E-state index in [1.807, 2.05) is 0 Å². The smallest absolute Gasteiger partial charge is 0.120 e. The molecule has 0 bridgehead atoms. The van der Waals surface area contributed by atoms with Crippen molar-refractivity contribution >= 4 is 11.6 Å². The van der Waals surface area contributed by atoms with E-state index in [4.69, 9.17) is 17.3 Å². The summed E-state index contributed by atoms with van der Waals surface area (Å²) in [5.41, 5.74) is 6.40. The number of benzene rings is 1. The van der Waals surface area contributed by atoms with Crippen LogP contribution >= 0.6 is 11.6 Å². The van der Waals surface area contributed by atoms with Gasteiger partial charge in [0.25, 0.3) is 0 Å². The Hall–Kier alpha value is -0.770. The maximum absolute atomic E-state index is 9.85. The average Bonchev–Trinajstić information content (AvgIpc) is 3.03. The lowest BCUT2D eigenvalue weighted by molar-refractivity contribution is 0.121. The van der Waals surface area contributed by atoms with Gasteiger partial charge in [-0.1, -0.05) is 11.6 Å². The van der Waals surface area contributed by atoms with Crippen molar-refractivity contribution in [3.63, 3.8) is 0 Å². The minimum absolute atomic E-state index is 0.0894. The Labute approximate surface area is 93.5 Å². The van der Waals surface area contributed by atoms with E-state index in [1.54, 1.807) is 12.1 Å². The summed E-state index contributed by atoms with van der Waals surface area (Å²) >= 11 is 5.81. The third kappa shape index (κ3) is 2.25. The molecule has 82 valence electrons. The number of hydrogen-bond donors (Lipinski definition) is 3. The second kappa shape index (κ2) is 4.00. The summed E-state index contributed by atoms with van der Waals surface area (Å²) in [7, 11) is 0. The van der Waals surface area contributed by atoms with Gasteiger partial charge in [-0.25, -0.2) is 0 Å². The Morgan fingerprint density at radius 3 is 2.67 bits per heavy atom. The third-order valence-corrected chi connectivity index (χ3v) is 3.06. The highest BCUT2D eigenvalue weighted by Crippen LogP contribution is 2.39. The van der Waals surface area contributed by atoms with Crippen LogP contribution in [0.2, 0.25) is 5.02 Å². The highest BCUT2D eigenvalue weighted by atomic mass is 35.5. The lowest BCUT2D eigenvalue weighted by Gasteiger charge is -2.19. The first-order chi connectivity index (χ1) is 7.09. The Morgan fingerprint density at radius 1 is 1.40 bits per heavy atom. The van der Waals surface area contributed by atoms with Gasteiger partial charge in [0.2, 0.25) is 0 Å². The summed E-state index contributed by atoms with van der Waals surface area (Å²) in [5, 5.41) is 20.0. The zero-order valence-corrected chi connectivity index (χ0v) is 8.98. The van der Waals surface area contributed by atoms with Crippen molar-refractivity contribution < 1.29 is 10.2 Å². The van der Waals surface area contributed by atoms with Crippen LogP contribution < -0.4 is 5.73 Å². The molecule has 0 spiro atoms. The van der Waals surface area contributed by atoms with Gasteiger partial charge < -0.3 is 15.9 Å². The molecular weight excluding hydrogens is 214 g/mol. The van der Waals surface area contributed by atoms with Gasteiger partial charge in [-0.15, -0.1) is 0 Å². The molecule has 0 saturated heterocycles. The van der Waals surface area contributed by atoms with Crippen LogP contribution in [-0.2, 0) is 0 Å². The van der Waals surface area contributed by atoms with Crippen molar-refractivity contribution in [3.05, 3.63) is 28.8 Å². The quantitative estimate of drug-likeness (QED) is 0.738. The maximum atomic E-state index is 9.85. The summed E-state index contributed by atoms with van der Waals surface area (Å²) in [6, 6.07) is 4.14. The minimum Gasteiger partial charge on any atom is -0.508 e. The van der Waals surface area contributed by atoms with Crippen LogP contribution in [0.15, 0.2) is 18.2 Å². The number of aliphatic hydroxyl groups excluding tert-OH is 1. The van der Waals surface area contributed by atoms with Crippen LogP contribution in [0.25, 0.3) is 0 Å². The molecule has 0 aliphatic heterocycles. The van der Waals surface area contributed by atoms with Crippen molar-refractivity contribution in [3.8, 4) is 5.75 Å². The summed E-state index contributed by atoms with van der Waals surface area (Å²) in [6.45, 7) is 0. The van der Waals surface area contributed by atoms with E-state index >= 15 is 0 Å². The minimum atomic E-state index is -0.589. The summed E-state index contributed by atoms with van der Waals surface area (Å²) < 4.78 is 0.